The summed E-state index contributed by atoms with van der Waals surface area (Å²) in [6.45, 7) is -0.908. The number of benzene rings is 2. The molecule has 0 saturated carbocycles. The number of ether oxygens (including phenoxy) is 2. The minimum absolute atomic E-state index is 0.166. The lowest BCUT2D eigenvalue weighted by Gasteiger charge is -2.11. The first-order chi connectivity index (χ1) is 15.9. The van der Waals surface area contributed by atoms with Gasteiger partial charge in [0, 0.05) is 11.3 Å². The molecule has 0 aliphatic heterocycles. The van der Waals surface area contributed by atoms with Crippen LogP contribution >= 0.6 is 11.8 Å². The maximum Gasteiger partial charge on any atom is 0.422 e. The molecule has 2 heterocycles. The zero-order valence-electron chi connectivity index (χ0n) is 17.6. The fourth-order valence-electron chi connectivity index (χ4n) is 3.11. The Morgan fingerprint density at radius 3 is 2.58 bits per heavy atom. The van der Waals surface area contributed by atoms with Gasteiger partial charge in [-0.05, 0) is 42.0 Å². The van der Waals surface area contributed by atoms with Crippen LogP contribution in [0.4, 0.5) is 13.2 Å². The Labute approximate surface area is 192 Å². The SMILES string of the molecule is COc1cccc(-c2nnc(SCc3cccc(OCC(F)(F)F)c3)n2Cc2ccco2)c1. The lowest BCUT2D eigenvalue weighted by molar-refractivity contribution is -0.153. The van der Waals surface area contributed by atoms with E-state index in [0.717, 1.165) is 16.9 Å². The Morgan fingerprint density at radius 2 is 1.82 bits per heavy atom. The third-order valence-electron chi connectivity index (χ3n) is 4.61. The van der Waals surface area contributed by atoms with Crippen molar-refractivity contribution in [1.29, 1.82) is 0 Å². The molecule has 0 bridgehead atoms. The van der Waals surface area contributed by atoms with Crippen LogP contribution in [0.15, 0.2) is 76.5 Å². The second-order valence-electron chi connectivity index (χ2n) is 7.04. The molecule has 0 radical (unpaired) electrons. The lowest BCUT2D eigenvalue weighted by Crippen LogP contribution is -2.19. The van der Waals surface area contributed by atoms with E-state index in [1.54, 1.807) is 25.5 Å². The monoisotopic (exact) mass is 475 g/mol. The number of halogens is 3. The summed E-state index contributed by atoms with van der Waals surface area (Å²) in [4.78, 5) is 0. The number of thioether (sulfide) groups is 1. The predicted octanol–water partition coefficient (Wildman–Crippen LogP) is 5.83. The minimum Gasteiger partial charge on any atom is -0.497 e. The summed E-state index contributed by atoms with van der Waals surface area (Å²) in [7, 11) is 1.60. The van der Waals surface area contributed by atoms with Gasteiger partial charge in [0.2, 0.25) is 0 Å². The number of nitrogens with zero attached hydrogens (tertiary/aromatic N) is 3. The van der Waals surface area contributed by atoms with Crippen LogP contribution in [0.25, 0.3) is 11.4 Å². The summed E-state index contributed by atoms with van der Waals surface area (Å²) in [5.74, 6) is 2.72. The van der Waals surface area contributed by atoms with Crippen molar-refractivity contribution in [2.75, 3.05) is 13.7 Å². The molecule has 0 aliphatic carbocycles. The van der Waals surface area contributed by atoms with Gasteiger partial charge in [0.05, 0.1) is 19.9 Å². The molecule has 2 aromatic carbocycles. The lowest BCUT2D eigenvalue weighted by atomic mass is 10.2. The number of hydrogen-bond donors (Lipinski definition) is 0. The highest BCUT2D eigenvalue weighted by molar-refractivity contribution is 7.98. The molecule has 0 saturated heterocycles. The molecule has 0 fully saturated rings. The maximum absolute atomic E-state index is 12.4. The van der Waals surface area contributed by atoms with Crippen molar-refractivity contribution in [3.8, 4) is 22.9 Å². The smallest absolute Gasteiger partial charge is 0.422 e. The Kier molecular flexibility index (Phi) is 6.93. The van der Waals surface area contributed by atoms with Crippen molar-refractivity contribution in [3.63, 3.8) is 0 Å². The Balaban J connectivity index is 1.56. The molecule has 33 heavy (non-hydrogen) atoms. The summed E-state index contributed by atoms with van der Waals surface area (Å²) in [6, 6.07) is 17.8. The zero-order valence-corrected chi connectivity index (χ0v) is 18.4. The maximum atomic E-state index is 12.4. The third kappa shape index (κ3) is 6.10. The standard InChI is InChI=1S/C23H20F3N3O3S/c1-30-18-7-3-6-17(12-18)21-27-28-22(29(21)13-20-9-4-10-31-20)33-14-16-5-2-8-19(11-16)32-15-23(24,25)26/h2-12H,13-15H2,1H3. The van der Waals surface area contributed by atoms with E-state index in [-0.39, 0.29) is 5.75 Å². The molecular weight excluding hydrogens is 455 g/mol. The second kappa shape index (κ2) is 10.0. The van der Waals surface area contributed by atoms with E-state index in [4.69, 9.17) is 13.9 Å². The van der Waals surface area contributed by atoms with Crippen LogP contribution < -0.4 is 9.47 Å². The summed E-state index contributed by atoms with van der Waals surface area (Å²) >= 11 is 1.42. The average molecular weight is 475 g/mol. The van der Waals surface area contributed by atoms with Gasteiger partial charge in [-0.25, -0.2) is 0 Å². The van der Waals surface area contributed by atoms with Gasteiger partial charge in [-0.3, -0.25) is 4.57 Å². The van der Waals surface area contributed by atoms with Crippen LogP contribution in [0, 0.1) is 0 Å². The predicted molar refractivity (Wildman–Crippen MR) is 117 cm³/mol. The van der Waals surface area contributed by atoms with Crippen molar-refractivity contribution in [1.82, 2.24) is 14.8 Å². The number of methoxy groups -OCH3 is 1. The van der Waals surface area contributed by atoms with Crippen molar-refractivity contribution in [2.45, 2.75) is 23.6 Å². The first kappa shape index (κ1) is 22.8. The highest BCUT2D eigenvalue weighted by Crippen LogP contribution is 2.30. The van der Waals surface area contributed by atoms with E-state index in [9.17, 15) is 13.2 Å². The van der Waals surface area contributed by atoms with Gasteiger partial charge < -0.3 is 13.9 Å². The number of rotatable bonds is 9. The fraction of sp³-hybridized carbons (Fsp3) is 0.217. The molecule has 6 nitrogen and oxygen atoms in total. The molecule has 0 spiro atoms. The third-order valence-corrected chi connectivity index (χ3v) is 5.65. The van der Waals surface area contributed by atoms with Crippen molar-refractivity contribution >= 4 is 11.8 Å². The molecular formula is C23H20F3N3O3S. The minimum atomic E-state index is -4.39. The van der Waals surface area contributed by atoms with Crippen LogP contribution in [0.5, 0.6) is 11.5 Å². The van der Waals surface area contributed by atoms with Crippen LogP contribution in [0.1, 0.15) is 11.3 Å². The van der Waals surface area contributed by atoms with E-state index in [1.807, 2.05) is 47.0 Å². The molecule has 0 aliphatic rings. The normalized spacial score (nSPS) is 11.5. The first-order valence-electron chi connectivity index (χ1n) is 9.92. The van der Waals surface area contributed by atoms with E-state index in [2.05, 4.69) is 10.2 Å². The Morgan fingerprint density at radius 1 is 1.00 bits per heavy atom. The molecule has 172 valence electrons. The summed E-state index contributed by atoms with van der Waals surface area (Å²) in [5.41, 5.74) is 1.64. The number of aromatic nitrogens is 3. The van der Waals surface area contributed by atoms with Gasteiger partial charge >= 0.3 is 6.18 Å². The zero-order chi connectivity index (χ0) is 23.3. The summed E-state index contributed by atoms with van der Waals surface area (Å²) in [5, 5.41) is 9.37. The molecule has 0 atom stereocenters. The van der Waals surface area contributed by atoms with Crippen LogP contribution in [-0.2, 0) is 12.3 Å². The molecule has 0 unspecified atom stereocenters. The van der Waals surface area contributed by atoms with Gasteiger partial charge in [-0.15, -0.1) is 10.2 Å². The van der Waals surface area contributed by atoms with Crippen LogP contribution in [-0.4, -0.2) is 34.7 Å². The largest absolute Gasteiger partial charge is 0.497 e. The van der Waals surface area contributed by atoms with Crippen molar-refractivity contribution in [3.05, 3.63) is 78.3 Å². The summed E-state index contributed by atoms with van der Waals surface area (Å²) in [6.07, 6.45) is -2.78. The number of hydrogen-bond acceptors (Lipinski definition) is 6. The second-order valence-corrected chi connectivity index (χ2v) is 7.99. The number of alkyl halides is 3. The van der Waals surface area contributed by atoms with E-state index < -0.39 is 12.8 Å². The van der Waals surface area contributed by atoms with Gasteiger partial charge in [-0.2, -0.15) is 13.2 Å². The van der Waals surface area contributed by atoms with Gasteiger partial charge in [0.25, 0.3) is 0 Å². The average Bonchev–Trinajstić information content (AvgIpc) is 3.47. The van der Waals surface area contributed by atoms with Gasteiger partial charge in [-0.1, -0.05) is 36.0 Å². The highest BCUT2D eigenvalue weighted by atomic mass is 32.2. The summed E-state index contributed by atoms with van der Waals surface area (Å²) < 4.78 is 54.9. The molecule has 0 N–H and O–H groups in total. The first-order valence-corrected chi connectivity index (χ1v) is 10.9. The van der Waals surface area contributed by atoms with E-state index >= 15 is 0 Å². The number of furan rings is 1. The van der Waals surface area contributed by atoms with Crippen LogP contribution in [0.2, 0.25) is 0 Å². The Bertz CT molecular complexity index is 1190. The Hall–Kier alpha value is -3.40. The van der Waals surface area contributed by atoms with Crippen LogP contribution in [0.3, 0.4) is 0 Å². The topological polar surface area (TPSA) is 62.3 Å². The highest BCUT2D eigenvalue weighted by Gasteiger charge is 2.28. The molecule has 2 aromatic heterocycles. The van der Waals surface area contributed by atoms with E-state index in [1.165, 1.54) is 17.8 Å². The molecule has 4 aromatic rings. The van der Waals surface area contributed by atoms with Gasteiger partial charge in [0.1, 0.15) is 17.3 Å². The van der Waals surface area contributed by atoms with Crippen molar-refractivity contribution < 1.29 is 27.1 Å². The van der Waals surface area contributed by atoms with Crippen molar-refractivity contribution in [2.24, 2.45) is 0 Å². The quantitative estimate of drug-likeness (QED) is 0.284. The van der Waals surface area contributed by atoms with E-state index in [0.29, 0.717) is 29.0 Å². The molecule has 4 rings (SSSR count). The molecule has 10 heteroatoms. The van der Waals surface area contributed by atoms with Gasteiger partial charge in [0.15, 0.2) is 17.6 Å². The fourth-order valence-corrected chi connectivity index (χ4v) is 3.99. The molecule has 0 amide bonds.